The molecule has 4 heteroatoms. The molecule has 0 saturated carbocycles. The maximum Gasteiger partial charge on any atom is 0.224 e. The Hall–Kier alpha value is -1.58. The molecule has 0 bridgehead atoms. The Labute approximate surface area is 107 Å². The number of rotatable bonds is 3. The minimum Gasteiger partial charge on any atom is -0.508 e. The predicted octanol–water partition coefficient (Wildman–Crippen LogP) is 3.54. The molecule has 1 atom stereocenters. The second-order valence-electron chi connectivity index (χ2n) is 5.68. The van der Waals surface area contributed by atoms with Crippen LogP contribution < -0.4 is 5.32 Å². The second kappa shape index (κ2) is 5.38. The second-order valence-corrected chi connectivity index (χ2v) is 5.68. The number of phenolic OH excluding ortho intramolecular Hbond substituents is 1. The lowest BCUT2D eigenvalue weighted by Crippen LogP contribution is -2.24. The highest BCUT2D eigenvalue weighted by atomic mass is 19.1. The van der Waals surface area contributed by atoms with Gasteiger partial charge in [-0.15, -0.1) is 0 Å². The SMILES string of the molecule is CC(CC(=O)Nc1ccc(O)cc1F)C(C)(C)C. The number of hydrogen-bond acceptors (Lipinski definition) is 2. The van der Waals surface area contributed by atoms with Gasteiger partial charge in [-0.25, -0.2) is 4.39 Å². The summed E-state index contributed by atoms with van der Waals surface area (Å²) in [4.78, 5) is 11.8. The summed E-state index contributed by atoms with van der Waals surface area (Å²) in [5.41, 5.74) is 0.129. The fourth-order valence-electron chi connectivity index (χ4n) is 1.39. The van der Waals surface area contributed by atoms with Crippen molar-refractivity contribution in [3.8, 4) is 5.75 Å². The van der Waals surface area contributed by atoms with Crippen molar-refractivity contribution in [2.24, 2.45) is 11.3 Å². The Morgan fingerprint density at radius 3 is 2.56 bits per heavy atom. The third-order valence-corrected chi connectivity index (χ3v) is 3.20. The lowest BCUT2D eigenvalue weighted by molar-refractivity contribution is -0.117. The molecule has 1 aromatic rings. The summed E-state index contributed by atoms with van der Waals surface area (Å²) < 4.78 is 13.4. The van der Waals surface area contributed by atoms with E-state index in [2.05, 4.69) is 26.1 Å². The number of nitrogens with one attached hydrogen (secondary N) is 1. The summed E-state index contributed by atoms with van der Waals surface area (Å²) in [7, 11) is 0. The molecule has 3 nitrogen and oxygen atoms in total. The molecule has 0 heterocycles. The van der Waals surface area contributed by atoms with Crippen molar-refractivity contribution < 1.29 is 14.3 Å². The number of benzene rings is 1. The normalized spacial score (nSPS) is 13.2. The Morgan fingerprint density at radius 1 is 1.44 bits per heavy atom. The van der Waals surface area contributed by atoms with Gasteiger partial charge in [-0.1, -0.05) is 27.7 Å². The van der Waals surface area contributed by atoms with Crippen molar-refractivity contribution in [1.29, 1.82) is 0 Å². The molecular weight excluding hydrogens is 233 g/mol. The first-order valence-electron chi connectivity index (χ1n) is 5.98. The van der Waals surface area contributed by atoms with Crippen LogP contribution in [-0.4, -0.2) is 11.0 Å². The van der Waals surface area contributed by atoms with E-state index in [9.17, 15) is 9.18 Å². The standard InChI is InChI=1S/C14H20FNO2/c1-9(14(2,3)4)7-13(18)16-12-6-5-10(17)8-11(12)15/h5-6,8-9,17H,7H2,1-4H3,(H,16,18). The molecule has 0 radical (unpaired) electrons. The van der Waals surface area contributed by atoms with E-state index in [1.807, 2.05) is 6.92 Å². The van der Waals surface area contributed by atoms with Gasteiger partial charge in [0.15, 0.2) is 0 Å². The van der Waals surface area contributed by atoms with E-state index < -0.39 is 5.82 Å². The molecule has 0 aliphatic carbocycles. The first kappa shape index (κ1) is 14.5. The average molecular weight is 253 g/mol. The zero-order chi connectivity index (χ0) is 13.9. The third-order valence-electron chi connectivity index (χ3n) is 3.20. The number of phenols is 1. The Bertz CT molecular complexity index is 438. The van der Waals surface area contributed by atoms with Gasteiger partial charge in [0.1, 0.15) is 11.6 Å². The molecule has 1 unspecified atom stereocenters. The quantitative estimate of drug-likeness (QED) is 0.809. The molecular formula is C14H20FNO2. The fourth-order valence-corrected chi connectivity index (χ4v) is 1.39. The van der Waals surface area contributed by atoms with Crippen LogP contribution >= 0.6 is 0 Å². The smallest absolute Gasteiger partial charge is 0.224 e. The Kier molecular flexibility index (Phi) is 4.33. The summed E-state index contributed by atoms with van der Waals surface area (Å²) in [6.07, 6.45) is 0.337. The maximum atomic E-state index is 13.4. The Morgan fingerprint density at radius 2 is 2.06 bits per heavy atom. The van der Waals surface area contributed by atoms with Crippen LogP contribution in [0.2, 0.25) is 0 Å². The topological polar surface area (TPSA) is 49.3 Å². The zero-order valence-electron chi connectivity index (χ0n) is 11.2. The van der Waals surface area contributed by atoms with E-state index in [4.69, 9.17) is 5.11 Å². The van der Waals surface area contributed by atoms with Crippen molar-refractivity contribution in [3.63, 3.8) is 0 Å². The van der Waals surface area contributed by atoms with Gasteiger partial charge in [0.25, 0.3) is 0 Å². The van der Waals surface area contributed by atoms with E-state index in [0.717, 1.165) is 6.07 Å². The highest BCUT2D eigenvalue weighted by Crippen LogP contribution is 2.28. The predicted molar refractivity (Wildman–Crippen MR) is 69.9 cm³/mol. The minimum atomic E-state index is -0.633. The molecule has 1 amide bonds. The number of halogens is 1. The zero-order valence-corrected chi connectivity index (χ0v) is 11.2. The van der Waals surface area contributed by atoms with Crippen LogP contribution in [0.4, 0.5) is 10.1 Å². The Balaban J connectivity index is 2.65. The van der Waals surface area contributed by atoms with Crippen LogP contribution in [0.5, 0.6) is 5.75 Å². The molecule has 2 N–H and O–H groups in total. The first-order chi connectivity index (χ1) is 8.20. The molecule has 100 valence electrons. The molecule has 0 aliphatic rings. The molecule has 1 aromatic carbocycles. The maximum absolute atomic E-state index is 13.4. The number of anilines is 1. The van der Waals surface area contributed by atoms with Crippen LogP contribution in [0, 0.1) is 17.2 Å². The molecule has 0 aliphatic heterocycles. The van der Waals surface area contributed by atoms with Gasteiger partial charge in [-0.2, -0.15) is 0 Å². The highest BCUT2D eigenvalue weighted by molar-refractivity contribution is 5.91. The number of carbonyl (C=O) groups is 1. The molecule has 0 spiro atoms. The number of amides is 1. The van der Waals surface area contributed by atoms with Crippen molar-refractivity contribution in [1.82, 2.24) is 0 Å². The summed E-state index contributed by atoms with van der Waals surface area (Å²) in [5, 5.41) is 11.6. The van der Waals surface area contributed by atoms with E-state index >= 15 is 0 Å². The van der Waals surface area contributed by atoms with Gasteiger partial charge >= 0.3 is 0 Å². The summed E-state index contributed by atoms with van der Waals surface area (Å²) in [6.45, 7) is 8.18. The fraction of sp³-hybridized carbons (Fsp3) is 0.500. The summed E-state index contributed by atoms with van der Waals surface area (Å²) in [5.74, 6) is -0.819. The van der Waals surface area contributed by atoms with Crippen LogP contribution in [-0.2, 0) is 4.79 Å². The number of hydrogen-bond donors (Lipinski definition) is 2. The van der Waals surface area contributed by atoms with Gasteiger partial charge in [0.05, 0.1) is 5.69 Å². The third kappa shape index (κ3) is 4.02. The number of carbonyl (C=O) groups excluding carboxylic acids is 1. The van der Waals surface area contributed by atoms with Gasteiger partial charge in [0, 0.05) is 12.5 Å². The van der Waals surface area contributed by atoms with Gasteiger partial charge in [-0.05, 0) is 23.5 Å². The van der Waals surface area contributed by atoms with E-state index in [-0.39, 0.29) is 28.7 Å². The minimum absolute atomic E-state index is 0.0326. The average Bonchev–Trinajstić information content (AvgIpc) is 2.20. The largest absolute Gasteiger partial charge is 0.508 e. The van der Waals surface area contributed by atoms with Crippen molar-refractivity contribution >= 4 is 11.6 Å². The van der Waals surface area contributed by atoms with Crippen molar-refractivity contribution in [2.45, 2.75) is 34.1 Å². The molecule has 18 heavy (non-hydrogen) atoms. The van der Waals surface area contributed by atoms with E-state index in [1.54, 1.807) is 0 Å². The van der Waals surface area contributed by atoms with Crippen molar-refractivity contribution in [3.05, 3.63) is 24.0 Å². The van der Waals surface area contributed by atoms with Crippen molar-refractivity contribution in [2.75, 3.05) is 5.32 Å². The van der Waals surface area contributed by atoms with Crippen LogP contribution in [0.25, 0.3) is 0 Å². The van der Waals surface area contributed by atoms with Gasteiger partial charge < -0.3 is 10.4 Å². The number of aromatic hydroxyl groups is 1. The lowest BCUT2D eigenvalue weighted by Gasteiger charge is -2.26. The van der Waals surface area contributed by atoms with E-state index in [0.29, 0.717) is 6.42 Å². The van der Waals surface area contributed by atoms with Crippen LogP contribution in [0.15, 0.2) is 18.2 Å². The van der Waals surface area contributed by atoms with Gasteiger partial charge in [-0.3, -0.25) is 4.79 Å². The summed E-state index contributed by atoms with van der Waals surface area (Å²) >= 11 is 0. The first-order valence-corrected chi connectivity index (χ1v) is 5.98. The molecule has 0 aromatic heterocycles. The van der Waals surface area contributed by atoms with Gasteiger partial charge in [0.2, 0.25) is 5.91 Å². The molecule has 1 rings (SSSR count). The summed E-state index contributed by atoms with van der Waals surface area (Å²) in [6, 6.07) is 3.67. The molecule has 0 saturated heterocycles. The van der Waals surface area contributed by atoms with E-state index in [1.165, 1.54) is 12.1 Å². The van der Waals surface area contributed by atoms with Crippen LogP contribution in [0.3, 0.4) is 0 Å². The molecule has 0 fully saturated rings. The highest BCUT2D eigenvalue weighted by Gasteiger charge is 2.22. The lowest BCUT2D eigenvalue weighted by atomic mass is 9.80. The van der Waals surface area contributed by atoms with Crippen LogP contribution in [0.1, 0.15) is 34.1 Å². The monoisotopic (exact) mass is 253 g/mol.